The highest BCUT2D eigenvalue weighted by Gasteiger charge is 2.18. The van der Waals surface area contributed by atoms with Crippen molar-refractivity contribution in [3.8, 4) is 5.75 Å². The third kappa shape index (κ3) is 4.68. The van der Waals surface area contributed by atoms with Gasteiger partial charge in [-0.15, -0.1) is 0 Å². The Morgan fingerprint density at radius 2 is 2.00 bits per heavy atom. The summed E-state index contributed by atoms with van der Waals surface area (Å²) in [6, 6.07) is 5.23. The average molecular weight is 497 g/mol. The number of esters is 1. The molecule has 0 radical (unpaired) electrons. The van der Waals surface area contributed by atoms with E-state index in [1.165, 1.54) is 16.2 Å². The van der Waals surface area contributed by atoms with Gasteiger partial charge in [0.2, 0.25) is 0 Å². The van der Waals surface area contributed by atoms with Crippen molar-refractivity contribution < 1.29 is 18.7 Å². The predicted molar refractivity (Wildman–Crippen MR) is 132 cm³/mol. The molecule has 11 nitrogen and oxygen atoms in total. The Morgan fingerprint density at radius 3 is 2.72 bits per heavy atom. The largest absolute Gasteiger partial charge is 0.497 e. The molecule has 0 unspecified atom stereocenters. The van der Waals surface area contributed by atoms with Crippen LogP contribution in [0.15, 0.2) is 37.0 Å². The number of methoxy groups -OCH3 is 1. The summed E-state index contributed by atoms with van der Waals surface area (Å²) in [6.45, 7) is 4.04. The first-order chi connectivity index (χ1) is 17.2. The zero-order chi connectivity index (χ0) is 26.0. The number of aromatic nitrogens is 4. The molecule has 3 aromatic heterocycles. The van der Waals surface area contributed by atoms with Gasteiger partial charge in [0.05, 0.1) is 7.11 Å². The van der Waals surface area contributed by atoms with Crippen LogP contribution in [0.5, 0.6) is 5.75 Å². The molecule has 0 spiro atoms. The molecule has 0 saturated heterocycles. The van der Waals surface area contributed by atoms with Gasteiger partial charge in [0.1, 0.15) is 23.8 Å². The molecule has 3 heterocycles. The molecule has 0 aliphatic heterocycles. The van der Waals surface area contributed by atoms with E-state index in [0.717, 1.165) is 23.8 Å². The molecule has 11 heteroatoms. The standard InChI is InChI=1S/C25H28N4O7/c1-5-6-11-29-22-21(23(31)27-25(29)33)28(3)19(26-22)13-35-20(30)10-9-17-14(2)16-8-7-15(34-4)12-18(16)36-24(17)32/h7-8,12H,5-6,9-11,13H2,1-4H3,(H,27,31,33). The molecule has 4 aromatic rings. The van der Waals surface area contributed by atoms with Crippen molar-refractivity contribution in [2.75, 3.05) is 7.11 Å². The number of aromatic amines is 1. The first-order valence-electron chi connectivity index (χ1n) is 11.7. The predicted octanol–water partition coefficient (Wildman–Crippen LogP) is 2.32. The average Bonchev–Trinajstić information content (AvgIpc) is 3.18. The number of imidazole rings is 1. The minimum atomic E-state index is -0.550. The maximum atomic E-state index is 12.5. The van der Waals surface area contributed by atoms with Crippen LogP contribution >= 0.6 is 0 Å². The molecule has 36 heavy (non-hydrogen) atoms. The summed E-state index contributed by atoms with van der Waals surface area (Å²) in [6.07, 6.45) is 1.72. The fraction of sp³-hybridized carbons (Fsp3) is 0.400. The second kappa shape index (κ2) is 10.2. The number of fused-ring (bicyclic) bond motifs is 2. The lowest BCUT2D eigenvalue weighted by Gasteiger charge is -2.09. The zero-order valence-electron chi connectivity index (χ0n) is 20.7. The summed E-state index contributed by atoms with van der Waals surface area (Å²) < 4.78 is 18.9. The van der Waals surface area contributed by atoms with Gasteiger partial charge in [-0.3, -0.25) is 19.1 Å². The molecule has 0 fully saturated rings. The van der Waals surface area contributed by atoms with E-state index in [1.54, 1.807) is 26.1 Å². The Labute approximate surface area is 205 Å². The summed E-state index contributed by atoms with van der Waals surface area (Å²) in [4.78, 5) is 56.4. The van der Waals surface area contributed by atoms with E-state index in [-0.39, 0.29) is 30.6 Å². The minimum absolute atomic E-state index is 0.0427. The molecular formula is C25H28N4O7. The SMILES string of the molecule is CCCCn1c(=O)[nH]c(=O)c2c1nc(COC(=O)CCc1c(C)c3ccc(OC)cc3oc1=O)n2C. The Balaban J connectivity index is 1.49. The number of nitrogens with zero attached hydrogens (tertiary/aromatic N) is 3. The number of hydrogen-bond donors (Lipinski definition) is 1. The first kappa shape index (κ1) is 25.0. The van der Waals surface area contributed by atoms with E-state index >= 15 is 0 Å². The van der Waals surface area contributed by atoms with Crippen molar-refractivity contribution >= 4 is 28.1 Å². The zero-order valence-corrected chi connectivity index (χ0v) is 20.7. The van der Waals surface area contributed by atoms with Crippen molar-refractivity contribution in [1.29, 1.82) is 0 Å². The molecule has 0 aliphatic carbocycles. The van der Waals surface area contributed by atoms with Gasteiger partial charge in [-0.25, -0.2) is 14.6 Å². The summed E-state index contributed by atoms with van der Waals surface area (Å²) in [5.74, 6) is 0.371. The van der Waals surface area contributed by atoms with E-state index in [0.29, 0.717) is 29.3 Å². The van der Waals surface area contributed by atoms with Gasteiger partial charge in [-0.2, -0.15) is 0 Å². The summed E-state index contributed by atoms with van der Waals surface area (Å²) in [7, 11) is 3.16. The van der Waals surface area contributed by atoms with Crippen molar-refractivity contribution in [2.24, 2.45) is 7.05 Å². The highest BCUT2D eigenvalue weighted by atomic mass is 16.5. The summed E-state index contributed by atoms with van der Waals surface area (Å²) in [5.41, 5.74) is 0.454. The second-order valence-corrected chi connectivity index (χ2v) is 8.54. The third-order valence-corrected chi connectivity index (χ3v) is 6.28. The number of H-pyrrole nitrogens is 1. The Bertz CT molecular complexity index is 1620. The fourth-order valence-corrected chi connectivity index (χ4v) is 4.18. The number of carbonyl (C=O) groups is 1. The van der Waals surface area contributed by atoms with Gasteiger partial charge in [-0.05, 0) is 37.5 Å². The van der Waals surface area contributed by atoms with E-state index in [9.17, 15) is 19.2 Å². The van der Waals surface area contributed by atoms with Gasteiger partial charge in [0.25, 0.3) is 5.56 Å². The molecule has 190 valence electrons. The van der Waals surface area contributed by atoms with E-state index in [1.807, 2.05) is 13.0 Å². The monoisotopic (exact) mass is 496 g/mol. The van der Waals surface area contributed by atoms with Crippen LogP contribution in [0.3, 0.4) is 0 Å². The first-order valence-corrected chi connectivity index (χ1v) is 11.7. The number of aryl methyl sites for hydroxylation is 3. The van der Waals surface area contributed by atoms with Gasteiger partial charge < -0.3 is 18.5 Å². The summed E-state index contributed by atoms with van der Waals surface area (Å²) in [5, 5.41) is 0.762. The Kier molecular flexibility index (Phi) is 7.09. The van der Waals surface area contributed by atoms with Crippen LogP contribution in [0.4, 0.5) is 0 Å². The van der Waals surface area contributed by atoms with Crippen LogP contribution in [0.2, 0.25) is 0 Å². The smallest absolute Gasteiger partial charge is 0.339 e. The molecule has 0 bridgehead atoms. The van der Waals surface area contributed by atoms with Crippen LogP contribution in [0.25, 0.3) is 22.1 Å². The molecule has 0 saturated carbocycles. The lowest BCUT2D eigenvalue weighted by molar-refractivity contribution is -0.145. The topological polar surface area (TPSA) is 138 Å². The van der Waals surface area contributed by atoms with Crippen molar-refractivity contribution in [2.45, 2.75) is 52.7 Å². The minimum Gasteiger partial charge on any atom is -0.497 e. The van der Waals surface area contributed by atoms with E-state index < -0.39 is 22.8 Å². The molecule has 1 N–H and O–H groups in total. The number of unbranched alkanes of at least 4 members (excludes halogenated alkanes) is 1. The second-order valence-electron chi connectivity index (χ2n) is 8.54. The highest BCUT2D eigenvalue weighted by molar-refractivity contribution is 5.82. The molecule has 0 atom stereocenters. The van der Waals surface area contributed by atoms with Crippen molar-refractivity contribution in [1.82, 2.24) is 19.1 Å². The number of hydrogen-bond acceptors (Lipinski definition) is 8. The van der Waals surface area contributed by atoms with E-state index in [2.05, 4.69) is 9.97 Å². The Hall–Kier alpha value is -4.15. The van der Waals surface area contributed by atoms with Gasteiger partial charge >= 0.3 is 17.3 Å². The quantitative estimate of drug-likeness (QED) is 0.275. The summed E-state index contributed by atoms with van der Waals surface area (Å²) >= 11 is 0. The lowest BCUT2D eigenvalue weighted by atomic mass is 10.0. The number of carbonyl (C=O) groups excluding carboxylic acids is 1. The normalized spacial score (nSPS) is 11.3. The third-order valence-electron chi connectivity index (χ3n) is 6.28. The number of rotatable bonds is 9. The van der Waals surface area contributed by atoms with Gasteiger partial charge in [0.15, 0.2) is 11.2 Å². The molecule has 0 aliphatic rings. The number of nitrogens with one attached hydrogen (secondary N) is 1. The van der Waals surface area contributed by atoms with Crippen LogP contribution in [-0.4, -0.2) is 32.2 Å². The van der Waals surface area contributed by atoms with Crippen molar-refractivity contribution in [3.63, 3.8) is 0 Å². The van der Waals surface area contributed by atoms with Crippen molar-refractivity contribution in [3.05, 3.63) is 66.4 Å². The van der Waals surface area contributed by atoms with Gasteiger partial charge in [0, 0.05) is 37.0 Å². The van der Waals surface area contributed by atoms with E-state index in [4.69, 9.17) is 13.9 Å². The van der Waals surface area contributed by atoms with Crippen LogP contribution in [-0.2, 0) is 36.2 Å². The number of ether oxygens (including phenoxy) is 2. The highest BCUT2D eigenvalue weighted by Crippen LogP contribution is 2.24. The molecule has 0 amide bonds. The molecule has 1 aromatic carbocycles. The molecule has 4 rings (SSSR count). The van der Waals surface area contributed by atoms with Crippen LogP contribution in [0, 0.1) is 6.92 Å². The maximum absolute atomic E-state index is 12.5. The van der Waals surface area contributed by atoms with Crippen LogP contribution < -0.4 is 21.6 Å². The molecular weight excluding hydrogens is 468 g/mol. The Morgan fingerprint density at radius 1 is 1.22 bits per heavy atom. The lowest BCUT2D eigenvalue weighted by Crippen LogP contribution is -2.31. The van der Waals surface area contributed by atoms with Gasteiger partial charge in [-0.1, -0.05) is 13.3 Å². The number of benzene rings is 1. The fourth-order valence-electron chi connectivity index (χ4n) is 4.18. The van der Waals surface area contributed by atoms with Crippen LogP contribution in [0.1, 0.15) is 43.1 Å². The maximum Gasteiger partial charge on any atom is 0.339 e.